The molecule has 2 rings (SSSR count). The summed E-state index contributed by atoms with van der Waals surface area (Å²) in [6.45, 7) is 11.6. The number of anilines is 1. The zero-order chi connectivity index (χ0) is 18.3. The van der Waals surface area contributed by atoms with Crippen molar-refractivity contribution in [2.45, 2.75) is 53.6 Å². The summed E-state index contributed by atoms with van der Waals surface area (Å²) in [4.78, 5) is 26.4. The lowest BCUT2D eigenvalue weighted by atomic mass is 9.90. The number of imide groups is 1. The van der Waals surface area contributed by atoms with Gasteiger partial charge in [-0.2, -0.15) is 0 Å². The van der Waals surface area contributed by atoms with Gasteiger partial charge in [0.05, 0.1) is 5.69 Å². The molecule has 0 spiro atoms. The van der Waals surface area contributed by atoms with Crippen LogP contribution in [0.15, 0.2) is 24.3 Å². The number of benzene rings is 1. The molecule has 0 N–H and O–H groups in total. The van der Waals surface area contributed by atoms with Crippen LogP contribution >= 0.6 is 11.6 Å². The Balaban J connectivity index is 2.47. The predicted octanol–water partition coefficient (Wildman–Crippen LogP) is 5.44. The van der Waals surface area contributed by atoms with Crippen LogP contribution in [0.25, 0.3) is 5.57 Å². The van der Waals surface area contributed by atoms with Gasteiger partial charge in [0.15, 0.2) is 0 Å². The van der Waals surface area contributed by atoms with E-state index in [4.69, 9.17) is 16.3 Å². The molecule has 0 bridgehead atoms. The minimum Gasteiger partial charge on any atom is -0.443 e. The number of fused-ring (bicyclic) bond motifs is 1. The molecule has 5 heteroatoms. The van der Waals surface area contributed by atoms with Crippen molar-refractivity contribution < 1.29 is 14.3 Å². The average molecular weight is 350 g/mol. The van der Waals surface area contributed by atoms with E-state index in [-0.39, 0.29) is 11.3 Å². The van der Waals surface area contributed by atoms with Crippen LogP contribution in [0.4, 0.5) is 10.5 Å². The van der Waals surface area contributed by atoms with E-state index in [1.165, 1.54) is 0 Å². The molecule has 1 aromatic carbocycles. The molecule has 0 saturated carbocycles. The summed E-state index contributed by atoms with van der Waals surface area (Å²) in [6.07, 6.45) is 1.92. The standard InChI is InChI=1S/C19H24ClNO3/c1-18(2,3)10-9-14-13-8-7-12(20)11-15(13)21(16(14)22)17(23)24-19(4,5)6/h7-9,11H,10H2,1-6H3. The van der Waals surface area contributed by atoms with Crippen molar-refractivity contribution in [3.8, 4) is 0 Å². The van der Waals surface area contributed by atoms with Crippen LogP contribution in [-0.2, 0) is 9.53 Å². The van der Waals surface area contributed by atoms with Gasteiger partial charge in [0.2, 0.25) is 0 Å². The lowest BCUT2D eigenvalue weighted by Gasteiger charge is -2.23. The van der Waals surface area contributed by atoms with Gasteiger partial charge in [-0.3, -0.25) is 4.79 Å². The molecule has 1 aromatic rings. The highest BCUT2D eigenvalue weighted by Gasteiger charge is 2.39. The van der Waals surface area contributed by atoms with Crippen LogP contribution in [0.2, 0.25) is 5.02 Å². The fourth-order valence-electron chi connectivity index (χ4n) is 2.36. The van der Waals surface area contributed by atoms with E-state index >= 15 is 0 Å². The molecule has 0 aromatic heterocycles. The first-order valence-electron chi connectivity index (χ1n) is 7.96. The molecule has 1 aliphatic rings. The summed E-state index contributed by atoms with van der Waals surface area (Å²) >= 11 is 6.06. The molecule has 130 valence electrons. The van der Waals surface area contributed by atoms with E-state index in [2.05, 4.69) is 20.8 Å². The van der Waals surface area contributed by atoms with Crippen molar-refractivity contribution >= 4 is 34.9 Å². The normalized spacial score (nSPS) is 16.5. The van der Waals surface area contributed by atoms with Crippen molar-refractivity contribution in [3.05, 3.63) is 34.9 Å². The number of ether oxygens (including phenoxy) is 1. The third kappa shape index (κ3) is 4.18. The first-order chi connectivity index (χ1) is 10.9. The molecular weight excluding hydrogens is 326 g/mol. The Labute approximate surface area is 148 Å². The minimum absolute atomic E-state index is 0.0409. The van der Waals surface area contributed by atoms with Crippen molar-refractivity contribution in [2.24, 2.45) is 5.41 Å². The van der Waals surface area contributed by atoms with Crippen LogP contribution < -0.4 is 4.90 Å². The van der Waals surface area contributed by atoms with Crippen molar-refractivity contribution in [2.75, 3.05) is 4.90 Å². The van der Waals surface area contributed by atoms with Gasteiger partial charge < -0.3 is 4.74 Å². The molecule has 0 aliphatic carbocycles. The molecule has 4 nitrogen and oxygen atoms in total. The molecule has 0 saturated heterocycles. The molecule has 1 heterocycles. The lowest BCUT2D eigenvalue weighted by Crippen LogP contribution is -2.38. The van der Waals surface area contributed by atoms with Gasteiger partial charge in [0.1, 0.15) is 5.60 Å². The summed E-state index contributed by atoms with van der Waals surface area (Å²) in [7, 11) is 0. The molecule has 2 amide bonds. The van der Waals surface area contributed by atoms with Gasteiger partial charge in [-0.15, -0.1) is 0 Å². The third-order valence-corrected chi connectivity index (χ3v) is 3.65. The fourth-order valence-corrected chi connectivity index (χ4v) is 2.52. The van der Waals surface area contributed by atoms with E-state index in [0.29, 0.717) is 21.8 Å². The first kappa shape index (κ1) is 18.5. The number of halogens is 1. The van der Waals surface area contributed by atoms with Crippen molar-refractivity contribution in [1.82, 2.24) is 0 Å². The second kappa shape index (κ2) is 6.25. The van der Waals surface area contributed by atoms with E-state index in [0.717, 1.165) is 11.3 Å². The summed E-state index contributed by atoms with van der Waals surface area (Å²) < 4.78 is 5.38. The summed E-state index contributed by atoms with van der Waals surface area (Å²) in [5.74, 6) is -0.370. The van der Waals surface area contributed by atoms with E-state index in [1.807, 2.05) is 6.08 Å². The van der Waals surface area contributed by atoms with Crippen molar-refractivity contribution in [3.63, 3.8) is 0 Å². The molecule has 0 unspecified atom stereocenters. The van der Waals surface area contributed by atoms with Gasteiger partial charge in [0, 0.05) is 16.2 Å². The smallest absolute Gasteiger partial charge is 0.422 e. The average Bonchev–Trinajstić information content (AvgIpc) is 2.64. The molecule has 0 fully saturated rings. The highest BCUT2D eigenvalue weighted by Crippen LogP contribution is 2.40. The van der Waals surface area contributed by atoms with Crippen molar-refractivity contribution in [1.29, 1.82) is 0 Å². The van der Waals surface area contributed by atoms with Gasteiger partial charge in [0.25, 0.3) is 5.91 Å². The topological polar surface area (TPSA) is 46.6 Å². The first-order valence-corrected chi connectivity index (χ1v) is 8.34. The second-order valence-corrected chi connectivity index (χ2v) is 8.60. The molecule has 0 atom stereocenters. The van der Waals surface area contributed by atoms with Crippen LogP contribution in [0, 0.1) is 5.41 Å². The Hall–Kier alpha value is -1.81. The van der Waals surface area contributed by atoms with E-state index in [1.54, 1.807) is 39.0 Å². The zero-order valence-corrected chi connectivity index (χ0v) is 15.8. The van der Waals surface area contributed by atoms with Crippen LogP contribution in [0.1, 0.15) is 53.5 Å². The number of rotatable bonds is 1. The Morgan fingerprint density at radius 3 is 2.38 bits per heavy atom. The Morgan fingerprint density at radius 2 is 1.83 bits per heavy atom. The quantitative estimate of drug-likeness (QED) is 0.634. The molecule has 24 heavy (non-hydrogen) atoms. The maximum Gasteiger partial charge on any atom is 0.422 e. The van der Waals surface area contributed by atoms with Crippen LogP contribution in [0.5, 0.6) is 0 Å². The number of amides is 2. The fraction of sp³-hybridized carbons (Fsp3) is 0.474. The largest absolute Gasteiger partial charge is 0.443 e. The Bertz CT molecular complexity index is 708. The number of allylic oxidation sites excluding steroid dienone is 1. The number of carbonyl (C=O) groups is 2. The molecular formula is C19H24ClNO3. The SMILES string of the molecule is CC(C)(C)CC=C1C(=O)N(C(=O)OC(C)(C)C)c2cc(Cl)ccc21. The Morgan fingerprint density at radius 1 is 1.21 bits per heavy atom. The zero-order valence-electron chi connectivity index (χ0n) is 15.1. The number of carbonyl (C=O) groups excluding carboxylic acids is 2. The number of hydrogen-bond donors (Lipinski definition) is 0. The summed E-state index contributed by atoms with van der Waals surface area (Å²) in [5.41, 5.74) is 1.05. The van der Waals surface area contributed by atoms with Gasteiger partial charge in [-0.1, -0.05) is 44.5 Å². The highest BCUT2D eigenvalue weighted by molar-refractivity contribution is 6.40. The van der Waals surface area contributed by atoms with Gasteiger partial charge in [-0.05, 0) is 44.7 Å². The molecule has 1 aliphatic heterocycles. The number of hydrogen-bond acceptors (Lipinski definition) is 3. The summed E-state index contributed by atoms with van der Waals surface area (Å²) in [6, 6.07) is 5.11. The monoisotopic (exact) mass is 349 g/mol. The highest BCUT2D eigenvalue weighted by atomic mass is 35.5. The Kier molecular flexibility index (Phi) is 4.82. The van der Waals surface area contributed by atoms with Crippen LogP contribution in [-0.4, -0.2) is 17.6 Å². The lowest BCUT2D eigenvalue weighted by molar-refractivity contribution is -0.112. The number of nitrogens with zero attached hydrogens (tertiary/aromatic N) is 1. The van der Waals surface area contributed by atoms with Gasteiger partial charge >= 0.3 is 6.09 Å². The molecule has 0 radical (unpaired) electrons. The second-order valence-electron chi connectivity index (χ2n) is 8.16. The maximum absolute atomic E-state index is 12.8. The van der Waals surface area contributed by atoms with E-state index < -0.39 is 11.7 Å². The van der Waals surface area contributed by atoms with E-state index in [9.17, 15) is 9.59 Å². The maximum atomic E-state index is 12.8. The van der Waals surface area contributed by atoms with Gasteiger partial charge in [-0.25, -0.2) is 9.69 Å². The predicted molar refractivity (Wildman–Crippen MR) is 97.2 cm³/mol. The third-order valence-electron chi connectivity index (χ3n) is 3.42. The van der Waals surface area contributed by atoms with Crippen LogP contribution in [0.3, 0.4) is 0 Å². The minimum atomic E-state index is -0.687. The summed E-state index contributed by atoms with van der Waals surface area (Å²) in [5, 5.41) is 0.465.